The molecule has 0 radical (unpaired) electrons. The van der Waals surface area contributed by atoms with E-state index in [2.05, 4.69) is 119 Å². The molecule has 0 heterocycles. The Labute approximate surface area is 190 Å². The van der Waals surface area contributed by atoms with Crippen LogP contribution in [0, 0.1) is 7.14 Å². The molecule has 1 aliphatic carbocycles. The van der Waals surface area contributed by atoms with Gasteiger partial charge in [-0.05, 0) is 104 Å². The number of hydrogen-bond donors (Lipinski definition) is 0. The standard InChI is InChI=1S/C25H24I2/c1-2-3-4-8-15-25(18-9-6-5-7-10-18)23-16-19(26)11-13-21(23)22-14-12-20(27)17-24(22)25/h5-7,9-14,16-17H,2-4,8,15H2,1H3. The molecule has 0 aromatic heterocycles. The summed E-state index contributed by atoms with van der Waals surface area (Å²) in [6.45, 7) is 2.29. The average Bonchev–Trinajstić information content (AvgIpc) is 2.95. The van der Waals surface area contributed by atoms with Crippen LogP contribution in [-0.2, 0) is 5.41 Å². The van der Waals surface area contributed by atoms with Gasteiger partial charge >= 0.3 is 0 Å². The molecule has 0 aliphatic heterocycles. The van der Waals surface area contributed by atoms with Crippen molar-refractivity contribution < 1.29 is 0 Å². The lowest BCUT2D eigenvalue weighted by Crippen LogP contribution is -2.27. The van der Waals surface area contributed by atoms with Crippen molar-refractivity contribution in [1.82, 2.24) is 0 Å². The summed E-state index contributed by atoms with van der Waals surface area (Å²) in [6, 6.07) is 25.2. The average molecular weight is 578 g/mol. The number of benzene rings is 3. The minimum Gasteiger partial charge on any atom is -0.0654 e. The minimum atomic E-state index is -0.0258. The Morgan fingerprint density at radius 2 is 1.30 bits per heavy atom. The summed E-state index contributed by atoms with van der Waals surface area (Å²) in [5.74, 6) is 0. The predicted molar refractivity (Wildman–Crippen MR) is 132 cm³/mol. The molecule has 138 valence electrons. The van der Waals surface area contributed by atoms with E-state index >= 15 is 0 Å². The first-order valence-electron chi connectivity index (χ1n) is 9.83. The highest BCUT2D eigenvalue weighted by atomic mass is 127. The second-order valence-electron chi connectivity index (χ2n) is 7.46. The van der Waals surface area contributed by atoms with Crippen molar-refractivity contribution in [2.75, 3.05) is 0 Å². The summed E-state index contributed by atoms with van der Waals surface area (Å²) in [7, 11) is 0. The van der Waals surface area contributed by atoms with Crippen LogP contribution in [0.4, 0.5) is 0 Å². The summed E-state index contributed by atoms with van der Waals surface area (Å²) >= 11 is 4.93. The fourth-order valence-electron chi connectivity index (χ4n) is 4.62. The second kappa shape index (κ2) is 8.24. The van der Waals surface area contributed by atoms with E-state index in [1.165, 1.54) is 67.1 Å². The van der Waals surface area contributed by atoms with E-state index in [-0.39, 0.29) is 5.41 Å². The SMILES string of the molecule is CCCCCCC1(c2ccccc2)c2cc(I)ccc2-c2ccc(I)cc21. The summed E-state index contributed by atoms with van der Waals surface area (Å²) in [5, 5.41) is 0. The smallest absolute Gasteiger partial charge is 0.0464 e. The zero-order valence-corrected chi connectivity index (χ0v) is 20.0. The maximum absolute atomic E-state index is 2.46. The van der Waals surface area contributed by atoms with Gasteiger partial charge in [-0.25, -0.2) is 0 Å². The van der Waals surface area contributed by atoms with Crippen LogP contribution in [0.5, 0.6) is 0 Å². The van der Waals surface area contributed by atoms with Gasteiger partial charge in [0.15, 0.2) is 0 Å². The third-order valence-corrected chi connectivity index (χ3v) is 7.19. The number of fused-ring (bicyclic) bond motifs is 3. The highest BCUT2D eigenvalue weighted by Gasteiger charge is 2.44. The van der Waals surface area contributed by atoms with Crippen LogP contribution < -0.4 is 0 Å². The van der Waals surface area contributed by atoms with Crippen molar-refractivity contribution in [3.63, 3.8) is 0 Å². The van der Waals surface area contributed by atoms with Crippen molar-refractivity contribution in [2.45, 2.75) is 44.4 Å². The Morgan fingerprint density at radius 1 is 0.704 bits per heavy atom. The van der Waals surface area contributed by atoms with Gasteiger partial charge in [0, 0.05) is 12.6 Å². The van der Waals surface area contributed by atoms with Gasteiger partial charge in [-0.3, -0.25) is 0 Å². The van der Waals surface area contributed by atoms with Crippen LogP contribution in [0.25, 0.3) is 11.1 Å². The molecule has 1 aliphatic rings. The van der Waals surface area contributed by atoms with Crippen LogP contribution in [0.3, 0.4) is 0 Å². The molecule has 27 heavy (non-hydrogen) atoms. The van der Waals surface area contributed by atoms with Crippen LogP contribution in [-0.4, -0.2) is 0 Å². The molecule has 0 spiro atoms. The van der Waals surface area contributed by atoms with Crippen LogP contribution in [0.2, 0.25) is 0 Å². The molecule has 0 unspecified atom stereocenters. The number of rotatable bonds is 6. The summed E-state index contributed by atoms with van der Waals surface area (Å²) in [5.41, 5.74) is 7.23. The highest BCUT2D eigenvalue weighted by Crippen LogP contribution is 2.55. The van der Waals surface area contributed by atoms with Gasteiger partial charge in [-0.15, -0.1) is 0 Å². The maximum Gasteiger partial charge on any atom is 0.0464 e. The first kappa shape index (κ1) is 19.4. The van der Waals surface area contributed by atoms with E-state index in [0.29, 0.717) is 0 Å². The Morgan fingerprint density at radius 3 is 1.85 bits per heavy atom. The minimum absolute atomic E-state index is 0.0258. The molecule has 0 atom stereocenters. The first-order chi connectivity index (χ1) is 13.2. The molecule has 2 heteroatoms. The third-order valence-electron chi connectivity index (χ3n) is 5.84. The topological polar surface area (TPSA) is 0 Å². The summed E-state index contributed by atoms with van der Waals surface area (Å²) < 4.78 is 2.64. The Bertz CT molecular complexity index is 892. The van der Waals surface area contributed by atoms with Crippen molar-refractivity contribution in [3.05, 3.63) is 90.6 Å². The molecule has 0 nitrogen and oxygen atoms in total. The Kier molecular flexibility index (Phi) is 5.93. The van der Waals surface area contributed by atoms with Crippen LogP contribution >= 0.6 is 45.2 Å². The van der Waals surface area contributed by atoms with Gasteiger partial charge in [-0.2, -0.15) is 0 Å². The molecule has 0 saturated heterocycles. The van der Waals surface area contributed by atoms with Crippen LogP contribution in [0.1, 0.15) is 55.7 Å². The van der Waals surface area contributed by atoms with Crippen molar-refractivity contribution in [1.29, 1.82) is 0 Å². The normalized spacial score (nSPS) is 14.0. The quantitative estimate of drug-likeness (QED) is 0.205. The first-order valence-corrected chi connectivity index (χ1v) is 12.0. The van der Waals surface area contributed by atoms with Gasteiger partial charge in [0.25, 0.3) is 0 Å². The fourth-order valence-corrected chi connectivity index (χ4v) is 5.60. The molecule has 0 fully saturated rings. The monoisotopic (exact) mass is 578 g/mol. The maximum atomic E-state index is 2.46. The molecule has 0 bridgehead atoms. The largest absolute Gasteiger partial charge is 0.0654 e. The molecule has 4 rings (SSSR count). The van der Waals surface area contributed by atoms with E-state index in [4.69, 9.17) is 0 Å². The van der Waals surface area contributed by atoms with Crippen molar-refractivity contribution >= 4 is 45.2 Å². The van der Waals surface area contributed by atoms with Crippen LogP contribution in [0.15, 0.2) is 66.7 Å². The van der Waals surface area contributed by atoms with E-state index in [9.17, 15) is 0 Å². The van der Waals surface area contributed by atoms with Crippen molar-refractivity contribution in [3.8, 4) is 11.1 Å². The van der Waals surface area contributed by atoms with E-state index in [1.807, 2.05) is 0 Å². The van der Waals surface area contributed by atoms with Gasteiger partial charge in [0.2, 0.25) is 0 Å². The summed E-state index contributed by atoms with van der Waals surface area (Å²) in [6.07, 6.45) is 6.35. The molecular formula is C25H24I2. The van der Waals surface area contributed by atoms with Gasteiger partial charge in [0.05, 0.1) is 0 Å². The third kappa shape index (κ3) is 3.48. The number of halogens is 2. The van der Waals surface area contributed by atoms with E-state index < -0.39 is 0 Å². The number of unbranched alkanes of at least 4 members (excludes halogenated alkanes) is 3. The van der Waals surface area contributed by atoms with Crippen molar-refractivity contribution in [2.24, 2.45) is 0 Å². The highest BCUT2D eigenvalue weighted by molar-refractivity contribution is 14.1. The molecule has 0 amide bonds. The molecule has 0 saturated carbocycles. The van der Waals surface area contributed by atoms with E-state index in [0.717, 1.165) is 0 Å². The molecule has 0 N–H and O–H groups in total. The Balaban J connectivity index is 1.96. The zero-order valence-electron chi connectivity index (χ0n) is 15.6. The lowest BCUT2D eigenvalue weighted by Gasteiger charge is -2.33. The zero-order chi connectivity index (χ0) is 18.9. The summed E-state index contributed by atoms with van der Waals surface area (Å²) in [4.78, 5) is 0. The molecular weight excluding hydrogens is 554 g/mol. The molecule has 3 aromatic carbocycles. The number of hydrogen-bond acceptors (Lipinski definition) is 0. The van der Waals surface area contributed by atoms with Gasteiger partial charge in [0.1, 0.15) is 0 Å². The van der Waals surface area contributed by atoms with Gasteiger partial charge in [-0.1, -0.05) is 75.1 Å². The lowest BCUT2D eigenvalue weighted by atomic mass is 9.69. The van der Waals surface area contributed by atoms with Gasteiger partial charge < -0.3 is 0 Å². The lowest BCUT2D eigenvalue weighted by molar-refractivity contribution is 0.515. The fraction of sp³-hybridized carbons (Fsp3) is 0.280. The predicted octanol–water partition coefficient (Wildman–Crippen LogP) is 8.18. The second-order valence-corrected chi connectivity index (χ2v) is 9.95. The molecule has 3 aromatic rings. The Hall–Kier alpha value is -0.880. The van der Waals surface area contributed by atoms with E-state index in [1.54, 1.807) is 0 Å².